The van der Waals surface area contributed by atoms with Crippen LogP contribution in [0.3, 0.4) is 0 Å². The van der Waals surface area contributed by atoms with Gasteiger partial charge in [0.1, 0.15) is 0 Å². The summed E-state index contributed by atoms with van der Waals surface area (Å²) in [6.07, 6.45) is 5.61. The molecule has 0 spiro atoms. The van der Waals surface area contributed by atoms with Gasteiger partial charge in [0.25, 0.3) is 10.0 Å². The van der Waals surface area contributed by atoms with Crippen molar-refractivity contribution in [3.63, 3.8) is 0 Å². The highest BCUT2D eigenvalue weighted by atomic mass is 32.2. The van der Waals surface area contributed by atoms with Gasteiger partial charge in [-0.1, -0.05) is 31.5 Å². The Labute approximate surface area is 120 Å². The maximum Gasteiger partial charge on any atom is 0.267 e. The molecule has 106 valence electrons. The van der Waals surface area contributed by atoms with Gasteiger partial charge in [-0.15, -0.1) is 0 Å². The quantitative estimate of drug-likeness (QED) is 0.851. The Kier molecular flexibility index (Phi) is 2.83. The number of benzene rings is 1. The minimum Gasteiger partial charge on any atom is -0.248 e. The molecule has 1 heterocycles. The third-order valence-corrected chi connectivity index (χ3v) is 5.86. The van der Waals surface area contributed by atoms with Gasteiger partial charge in [-0.2, -0.15) is 0 Å². The highest BCUT2D eigenvalue weighted by Gasteiger charge is 2.33. The van der Waals surface area contributed by atoms with Crippen molar-refractivity contribution >= 4 is 10.0 Å². The number of rotatable bonds is 2. The van der Waals surface area contributed by atoms with E-state index in [1.165, 1.54) is 3.97 Å². The second-order valence-corrected chi connectivity index (χ2v) is 8.07. The molecule has 0 radical (unpaired) electrons. The van der Waals surface area contributed by atoms with Gasteiger partial charge in [0.05, 0.1) is 4.90 Å². The largest absolute Gasteiger partial charge is 0.267 e. The molecule has 0 bridgehead atoms. The van der Waals surface area contributed by atoms with Crippen molar-refractivity contribution in [3.05, 3.63) is 53.3 Å². The molecule has 0 unspecified atom stereocenters. The summed E-state index contributed by atoms with van der Waals surface area (Å²) >= 11 is 0. The van der Waals surface area contributed by atoms with Gasteiger partial charge in [0.15, 0.2) is 0 Å². The number of aromatic nitrogens is 1. The Hall–Kier alpha value is -1.55. The second kappa shape index (κ2) is 4.22. The molecule has 0 N–H and O–H groups in total. The van der Waals surface area contributed by atoms with Gasteiger partial charge in [-0.25, -0.2) is 12.4 Å². The number of fused-ring (bicyclic) bond motifs is 1. The van der Waals surface area contributed by atoms with Gasteiger partial charge in [-0.3, -0.25) is 0 Å². The fourth-order valence-electron chi connectivity index (χ4n) is 2.83. The summed E-state index contributed by atoms with van der Waals surface area (Å²) in [7, 11) is -3.47. The minimum atomic E-state index is -3.47. The molecule has 0 saturated carbocycles. The van der Waals surface area contributed by atoms with E-state index in [0.717, 1.165) is 29.5 Å². The maximum atomic E-state index is 12.6. The Morgan fingerprint density at radius 3 is 2.35 bits per heavy atom. The van der Waals surface area contributed by atoms with Crippen LogP contribution in [0.4, 0.5) is 0 Å². The third kappa shape index (κ3) is 1.99. The predicted molar refractivity (Wildman–Crippen MR) is 79.5 cm³/mol. The van der Waals surface area contributed by atoms with Crippen LogP contribution in [-0.4, -0.2) is 12.4 Å². The van der Waals surface area contributed by atoms with Crippen LogP contribution in [0.25, 0.3) is 0 Å². The van der Waals surface area contributed by atoms with E-state index in [0.29, 0.717) is 4.90 Å². The summed E-state index contributed by atoms with van der Waals surface area (Å²) in [6, 6.07) is 6.99. The van der Waals surface area contributed by atoms with Crippen molar-refractivity contribution in [2.24, 2.45) is 0 Å². The van der Waals surface area contributed by atoms with Crippen LogP contribution in [0, 0.1) is 6.92 Å². The first-order valence-corrected chi connectivity index (χ1v) is 8.28. The van der Waals surface area contributed by atoms with E-state index in [4.69, 9.17) is 0 Å². The van der Waals surface area contributed by atoms with Crippen molar-refractivity contribution in [1.29, 1.82) is 0 Å². The average molecular weight is 289 g/mol. The van der Waals surface area contributed by atoms with Gasteiger partial charge >= 0.3 is 0 Å². The fraction of sp³-hybridized carbons (Fsp3) is 0.375. The molecular formula is C16H19NO2S. The Bertz CT molecular complexity index is 752. The Morgan fingerprint density at radius 1 is 1.10 bits per heavy atom. The van der Waals surface area contributed by atoms with Gasteiger partial charge < -0.3 is 0 Å². The molecule has 0 amide bonds. The van der Waals surface area contributed by atoms with Crippen molar-refractivity contribution in [1.82, 2.24) is 3.97 Å². The normalized spacial score (nSPS) is 17.1. The lowest BCUT2D eigenvalue weighted by Crippen LogP contribution is -2.14. The lowest BCUT2D eigenvalue weighted by atomic mass is 9.88. The van der Waals surface area contributed by atoms with Crippen molar-refractivity contribution in [3.8, 4) is 0 Å². The molecule has 0 saturated heterocycles. The fourth-order valence-corrected chi connectivity index (χ4v) is 4.07. The van der Waals surface area contributed by atoms with E-state index in [9.17, 15) is 8.42 Å². The smallest absolute Gasteiger partial charge is 0.248 e. The first-order chi connectivity index (χ1) is 9.30. The van der Waals surface area contributed by atoms with Crippen molar-refractivity contribution in [2.75, 3.05) is 0 Å². The van der Waals surface area contributed by atoms with Crippen LogP contribution < -0.4 is 0 Å². The van der Waals surface area contributed by atoms with Crippen LogP contribution in [-0.2, 0) is 21.9 Å². The van der Waals surface area contributed by atoms with Crippen LogP contribution >= 0.6 is 0 Å². The molecule has 1 aliphatic carbocycles. The van der Waals surface area contributed by atoms with Crippen molar-refractivity contribution in [2.45, 2.75) is 43.9 Å². The summed E-state index contributed by atoms with van der Waals surface area (Å²) in [5.41, 5.74) is 3.45. The van der Waals surface area contributed by atoms with Crippen molar-refractivity contribution < 1.29 is 8.42 Å². The zero-order chi connectivity index (χ0) is 14.5. The van der Waals surface area contributed by atoms with E-state index >= 15 is 0 Å². The van der Waals surface area contributed by atoms with Gasteiger partial charge in [-0.05, 0) is 48.4 Å². The zero-order valence-corrected chi connectivity index (χ0v) is 12.9. The second-order valence-electron chi connectivity index (χ2n) is 6.23. The molecule has 1 aromatic carbocycles. The zero-order valence-electron chi connectivity index (χ0n) is 12.1. The summed E-state index contributed by atoms with van der Waals surface area (Å²) in [5.74, 6) is 0. The van der Waals surface area contributed by atoms with E-state index in [2.05, 4.69) is 13.8 Å². The predicted octanol–water partition coefficient (Wildman–Crippen LogP) is 3.26. The summed E-state index contributed by atoms with van der Waals surface area (Å²) in [4.78, 5) is 0.342. The molecule has 0 aliphatic heterocycles. The molecule has 4 heteroatoms. The van der Waals surface area contributed by atoms with E-state index in [-0.39, 0.29) is 5.41 Å². The lowest BCUT2D eigenvalue weighted by molar-refractivity contribution is 0.519. The number of hydrogen-bond acceptors (Lipinski definition) is 2. The van der Waals surface area contributed by atoms with E-state index in [1.54, 1.807) is 24.5 Å². The Morgan fingerprint density at radius 2 is 1.75 bits per heavy atom. The van der Waals surface area contributed by atoms with E-state index < -0.39 is 10.0 Å². The average Bonchev–Trinajstić information content (AvgIpc) is 2.92. The van der Waals surface area contributed by atoms with Crippen LogP contribution in [0.15, 0.2) is 41.6 Å². The first kappa shape index (κ1) is 13.4. The molecule has 1 aliphatic rings. The van der Waals surface area contributed by atoms with Crippen LogP contribution in [0.2, 0.25) is 0 Å². The summed E-state index contributed by atoms with van der Waals surface area (Å²) in [6.45, 7) is 6.28. The highest BCUT2D eigenvalue weighted by molar-refractivity contribution is 7.90. The van der Waals surface area contributed by atoms with Gasteiger partial charge in [0, 0.05) is 12.4 Å². The molecule has 2 aromatic rings. The molecule has 1 aromatic heterocycles. The number of aryl methyl sites for hydroxylation is 2. The van der Waals surface area contributed by atoms with E-state index in [1.807, 2.05) is 19.1 Å². The lowest BCUT2D eigenvalue weighted by Gasteiger charge is -2.17. The third-order valence-electron chi connectivity index (χ3n) is 4.23. The maximum absolute atomic E-state index is 12.6. The molecular weight excluding hydrogens is 270 g/mol. The Balaban J connectivity index is 2.08. The molecule has 3 rings (SSSR count). The van der Waals surface area contributed by atoms with Crippen LogP contribution in [0.5, 0.6) is 0 Å². The molecule has 3 nitrogen and oxygen atoms in total. The summed E-state index contributed by atoms with van der Waals surface area (Å²) in [5, 5.41) is 0. The van der Waals surface area contributed by atoms with Crippen LogP contribution in [0.1, 0.15) is 37.0 Å². The minimum absolute atomic E-state index is 0.0728. The van der Waals surface area contributed by atoms with Gasteiger partial charge in [0.2, 0.25) is 0 Å². The number of hydrogen-bond donors (Lipinski definition) is 0. The highest BCUT2D eigenvalue weighted by Crippen LogP contribution is 2.39. The SMILES string of the molecule is Cc1ccc(S(=O)(=O)n2cc3c(c2)C(C)(C)CC3)cc1. The topological polar surface area (TPSA) is 39.1 Å². The standard InChI is InChI=1S/C16H19NO2S/c1-12-4-6-14(7-5-12)20(18,19)17-10-13-8-9-16(2,3)15(13)11-17/h4-7,10-11H,8-9H2,1-3H3. The molecule has 0 fully saturated rings. The molecule has 20 heavy (non-hydrogen) atoms. The molecule has 0 atom stereocenters. The monoisotopic (exact) mass is 289 g/mol. The number of nitrogens with zero attached hydrogens (tertiary/aromatic N) is 1. The summed E-state index contributed by atoms with van der Waals surface area (Å²) < 4.78 is 26.6. The first-order valence-electron chi connectivity index (χ1n) is 6.84.